The SMILES string of the molecule is CC(=O)C(=O)[C@@H](OC(=O)c1ccccc1)[C@@H](OC(=O)c1ccccc1)[C@@H](O)COC(=O)c1ccccc1. The normalized spacial score (nSPS) is 12.9. The van der Waals surface area contributed by atoms with Crippen LogP contribution in [0.3, 0.4) is 0 Å². The second-order valence-corrected chi connectivity index (χ2v) is 7.88. The molecule has 190 valence electrons. The first-order chi connectivity index (χ1) is 17.8. The summed E-state index contributed by atoms with van der Waals surface area (Å²) in [6.45, 7) is 0.217. The fourth-order valence-electron chi connectivity index (χ4n) is 3.25. The molecule has 0 saturated carbocycles. The maximum Gasteiger partial charge on any atom is 0.338 e. The van der Waals surface area contributed by atoms with Gasteiger partial charge in [-0.2, -0.15) is 0 Å². The highest BCUT2D eigenvalue weighted by Crippen LogP contribution is 2.18. The molecule has 3 aromatic carbocycles. The lowest BCUT2D eigenvalue weighted by Crippen LogP contribution is -2.51. The van der Waals surface area contributed by atoms with Crippen LogP contribution in [-0.4, -0.2) is 59.5 Å². The van der Waals surface area contributed by atoms with Crippen LogP contribution in [0.25, 0.3) is 0 Å². The monoisotopic (exact) mass is 504 g/mol. The predicted molar refractivity (Wildman–Crippen MR) is 130 cm³/mol. The van der Waals surface area contributed by atoms with Crippen LogP contribution < -0.4 is 0 Å². The molecule has 37 heavy (non-hydrogen) atoms. The summed E-state index contributed by atoms with van der Waals surface area (Å²) in [5, 5.41) is 10.9. The van der Waals surface area contributed by atoms with Gasteiger partial charge in [0.2, 0.25) is 11.9 Å². The molecule has 0 saturated heterocycles. The molecule has 3 aromatic rings. The Labute approximate surface area is 212 Å². The Morgan fingerprint density at radius 3 is 1.49 bits per heavy atom. The van der Waals surface area contributed by atoms with Crippen molar-refractivity contribution >= 4 is 29.5 Å². The van der Waals surface area contributed by atoms with Gasteiger partial charge in [0.15, 0.2) is 11.9 Å². The minimum Gasteiger partial charge on any atom is -0.459 e. The van der Waals surface area contributed by atoms with Crippen molar-refractivity contribution < 1.29 is 43.3 Å². The summed E-state index contributed by atoms with van der Waals surface area (Å²) in [5.41, 5.74) is 0.325. The number of Topliss-reactive ketones (excluding diaryl/α,β-unsaturated/α-hetero) is 2. The number of esters is 3. The number of carbonyl (C=O) groups excluding carboxylic acids is 5. The summed E-state index contributed by atoms with van der Waals surface area (Å²) in [5.74, 6) is -4.96. The fourth-order valence-corrected chi connectivity index (χ4v) is 3.25. The first-order valence-corrected chi connectivity index (χ1v) is 11.2. The van der Waals surface area contributed by atoms with E-state index in [9.17, 15) is 29.1 Å². The maximum absolute atomic E-state index is 12.8. The van der Waals surface area contributed by atoms with Crippen LogP contribution in [0, 0.1) is 0 Å². The zero-order chi connectivity index (χ0) is 26.8. The molecule has 0 radical (unpaired) electrons. The number of aliphatic hydroxyl groups excluding tert-OH is 1. The van der Waals surface area contributed by atoms with Gasteiger partial charge in [-0.05, 0) is 36.4 Å². The molecular formula is C28H24O9. The third-order valence-corrected chi connectivity index (χ3v) is 5.17. The quantitative estimate of drug-likeness (QED) is 0.238. The van der Waals surface area contributed by atoms with Gasteiger partial charge in [-0.15, -0.1) is 0 Å². The van der Waals surface area contributed by atoms with Crippen LogP contribution >= 0.6 is 0 Å². The van der Waals surface area contributed by atoms with E-state index in [1.807, 2.05) is 0 Å². The number of benzene rings is 3. The molecule has 0 unspecified atom stereocenters. The summed E-state index contributed by atoms with van der Waals surface area (Å²) in [4.78, 5) is 62.6. The van der Waals surface area contributed by atoms with Crippen LogP contribution in [0.5, 0.6) is 0 Å². The first kappa shape index (κ1) is 27.0. The third kappa shape index (κ3) is 7.42. The van der Waals surface area contributed by atoms with E-state index in [-0.39, 0.29) is 16.7 Å². The fraction of sp³-hybridized carbons (Fsp3) is 0.179. The number of rotatable bonds is 11. The number of carbonyl (C=O) groups is 5. The molecule has 0 fully saturated rings. The number of ether oxygens (including phenoxy) is 3. The van der Waals surface area contributed by atoms with Gasteiger partial charge >= 0.3 is 17.9 Å². The van der Waals surface area contributed by atoms with Gasteiger partial charge < -0.3 is 19.3 Å². The molecule has 0 bridgehead atoms. The molecule has 3 rings (SSSR count). The minimum absolute atomic E-state index is 0.0574. The van der Waals surface area contributed by atoms with Gasteiger partial charge in [0, 0.05) is 6.92 Å². The van der Waals surface area contributed by atoms with E-state index in [2.05, 4.69) is 0 Å². The second kappa shape index (κ2) is 12.9. The molecule has 0 aliphatic carbocycles. The molecule has 9 nitrogen and oxygen atoms in total. The molecule has 0 aromatic heterocycles. The van der Waals surface area contributed by atoms with Crippen molar-refractivity contribution in [2.24, 2.45) is 0 Å². The third-order valence-electron chi connectivity index (χ3n) is 5.17. The Morgan fingerprint density at radius 2 is 1.05 bits per heavy atom. The number of ketones is 2. The molecule has 0 spiro atoms. The first-order valence-electron chi connectivity index (χ1n) is 11.2. The highest BCUT2D eigenvalue weighted by atomic mass is 16.6. The van der Waals surface area contributed by atoms with Crippen molar-refractivity contribution in [2.45, 2.75) is 25.2 Å². The second-order valence-electron chi connectivity index (χ2n) is 7.88. The Bertz CT molecular complexity index is 1240. The van der Waals surface area contributed by atoms with Crippen LogP contribution in [0.2, 0.25) is 0 Å². The van der Waals surface area contributed by atoms with Crippen LogP contribution in [0.15, 0.2) is 91.0 Å². The van der Waals surface area contributed by atoms with E-state index in [1.165, 1.54) is 36.4 Å². The van der Waals surface area contributed by atoms with Gasteiger partial charge in [-0.3, -0.25) is 9.59 Å². The van der Waals surface area contributed by atoms with Crippen molar-refractivity contribution in [3.05, 3.63) is 108 Å². The lowest BCUT2D eigenvalue weighted by molar-refractivity contribution is -0.150. The lowest BCUT2D eigenvalue weighted by Gasteiger charge is -2.29. The number of hydrogen-bond donors (Lipinski definition) is 1. The summed E-state index contributed by atoms with van der Waals surface area (Å²) in [7, 11) is 0. The molecule has 0 heterocycles. The van der Waals surface area contributed by atoms with Crippen LogP contribution in [0.4, 0.5) is 0 Å². The van der Waals surface area contributed by atoms with E-state index in [4.69, 9.17) is 14.2 Å². The standard InChI is InChI=1S/C28H24O9/c1-18(29)23(31)25(37-28(34)21-15-9-4-10-16-21)24(36-27(33)20-13-7-3-8-14-20)22(30)17-35-26(32)19-11-5-2-6-12-19/h2-16,22,24-25,30H,17H2,1H3/t22-,24-,25+/m0/s1. The van der Waals surface area contributed by atoms with Gasteiger partial charge in [-0.1, -0.05) is 54.6 Å². The molecular weight excluding hydrogens is 480 g/mol. The molecule has 0 aliphatic heterocycles. The molecule has 0 aliphatic rings. The van der Waals surface area contributed by atoms with Gasteiger partial charge in [0.1, 0.15) is 12.7 Å². The van der Waals surface area contributed by atoms with Crippen molar-refractivity contribution in [3.63, 3.8) is 0 Å². The summed E-state index contributed by atoms with van der Waals surface area (Å²) in [6, 6.07) is 23.2. The van der Waals surface area contributed by atoms with Gasteiger partial charge in [-0.25, -0.2) is 14.4 Å². The van der Waals surface area contributed by atoms with E-state index in [0.717, 1.165) is 6.92 Å². The summed E-state index contributed by atoms with van der Waals surface area (Å²) in [6.07, 6.45) is -5.72. The van der Waals surface area contributed by atoms with E-state index in [0.29, 0.717) is 0 Å². The average molecular weight is 504 g/mol. The van der Waals surface area contributed by atoms with E-state index in [1.54, 1.807) is 54.6 Å². The zero-order valence-electron chi connectivity index (χ0n) is 19.8. The van der Waals surface area contributed by atoms with Crippen LogP contribution in [0.1, 0.15) is 38.0 Å². The lowest BCUT2D eigenvalue weighted by atomic mass is 10.0. The average Bonchev–Trinajstić information content (AvgIpc) is 2.94. The van der Waals surface area contributed by atoms with Crippen molar-refractivity contribution in [2.75, 3.05) is 6.61 Å². The Kier molecular flexibility index (Phi) is 9.40. The highest BCUT2D eigenvalue weighted by molar-refractivity contribution is 6.38. The molecule has 9 heteroatoms. The topological polar surface area (TPSA) is 133 Å². The van der Waals surface area contributed by atoms with Gasteiger partial charge in [0.05, 0.1) is 16.7 Å². The highest BCUT2D eigenvalue weighted by Gasteiger charge is 2.42. The zero-order valence-corrected chi connectivity index (χ0v) is 19.8. The predicted octanol–water partition coefficient (Wildman–Crippen LogP) is 2.81. The molecule has 1 N–H and O–H groups in total. The number of aliphatic hydroxyl groups is 1. The van der Waals surface area contributed by atoms with E-state index < -0.39 is 54.4 Å². The smallest absolute Gasteiger partial charge is 0.338 e. The Hall–Kier alpha value is -4.63. The van der Waals surface area contributed by atoms with E-state index >= 15 is 0 Å². The van der Waals surface area contributed by atoms with Crippen molar-refractivity contribution in [1.29, 1.82) is 0 Å². The van der Waals surface area contributed by atoms with Gasteiger partial charge in [0.25, 0.3) is 0 Å². The summed E-state index contributed by atoms with van der Waals surface area (Å²) < 4.78 is 15.8. The van der Waals surface area contributed by atoms with Crippen molar-refractivity contribution in [1.82, 2.24) is 0 Å². The van der Waals surface area contributed by atoms with Crippen LogP contribution in [-0.2, 0) is 23.8 Å². The molecule has 0 amide bonds. The Balaban J connectivity index is 1.89. The Morgan fingerprint density at radius 1 is 0.649 bits per heavy atom. The largest absolute Gasteiger partial charge is 0.459 e. The van der Waals surface area contributed by atoms with Crippen molar-refractivity contribution in [3.8, 4) is 0 Å². The molecule has 3 atom stereocenters. The summed E-state index contributed by atoms with van der Waals surface area (Å²) >= 11 is 0. The maximum atomic E-state index is 12.8. The minimum atomic E-state index is -2.01. The number of hydrogen-bond acceptors (Lipinski definition) is 9.